The van der Waals surface area contributed by atoms with Gasteiger partial charge in [-0.05, 0) is 47.5 Å². The summed E-state index contributed by atoms with van der Waals surface area (Å²) in [4.78, 5) is 43.7. The molecule has 3 heterocycles. The van der Waals surface area contributed by atoms with Gasteiger partial charge in [0.25, 0.3) is 11.8 Å². The average molecular weight is 432 g/mol. The topological polar surface area (TPSA) is 113 Å². The van der Waals surface area contributed by atoms with Gasteiger partial charge in [-0.2, -0.15) is 0 Å². The van der Waals surface area contributed by atoms with Crippen LogP contribution in [0.4, 0.5) is 4.79 Å². The lowest BCUT2D eigenvalue weighted by atomic mass is 9.95. The molecule has 2 aliphatic rings. The predicted molar refractivity (Wildman–Crippen MR) is 116 cm³/mol. The predicted octanol–water partition coefficient (Wildman–Crippen LogP) is 2.18. The molecule has 0 aliphatic carbocycles. The number of methoxy groups -OCH3 is 1. The van der Waals surface area contributed by atoms with Gasteiger partial charge >= 0.3 is 6.03 Å². The second kappa shape index (κ2) is 7.23. The number of benzene rings is 2. The fraction of sp³-hybridized carbons (Fsp3) is 0.217. The van der Waals surface area contributed by atoms with Crippen LogP contribution in [0.15, 0.2) is 51.9 Å². The lowest BCUT2D eigenvalue weighted by Crippen LogP contribution is -2.52. The molecule has 9 heteroatoms. The third-order valence-electron chi connectivity index (χ3n) is 5.80. The van der Waals surface area contributed by atoms with Crippen molar-refractivity contribution >= 4 is 35.0 Å². The number of ether oxygens (including phenoxy) is 1. The first-order valence-electron chi connectivity index (χ1n) is 9.99. The van der Waals surface area contributed by atoms with Crippen LogP contribution in [0.5, 0.6) is 5.75 Å². The van der Waals surface area contributed by atoms with Crippen LogP contribution in [0.2, 0.25) is 0 Å². The van der Waals surface area contributed by atoms with Crippen molar-refractivity contribution in [2.24, 2.45) is 4.99 Å². The van der Waals surface area contributed by atoms with Gasteiger partial charge in [0.1, 0.15) is 17.1 Å². The van der Waals surface area contributed by atoms with Crippen molar-refractivity contribution in [3.05, 3.63) is 64.9 Å². The molecule has 0 spiro atoms. The number of fused-ring (bicyclic) bond motifs is 2. The molecule has 9 nitrogen and oxygen atoms in total. The van der Waals surface area contributed by atoms with Crippen LogP contribution in [0, 0.1) is 0 Å². The van der Waals surface area contributed by atoms with Crippen molar-refractivity contribution in [1.82, 2.24) is 15.5 Å². The minimum atomic E-state index is -1.54. The van der Waals surface area contributed by atoms with E-state index in [-0.39, 0.29) is 18.2 Å². The molecule has 0 bridgehead atoms. The molecule has 2 aliphatic heterocycles. The number of amides is 4. The number of nitrogens with zero attached hydrogens (tertiary/aromatic N) is 2. The van der Waals surface area contributed by atoms with Crippen LogP contribution in [0.3, 0.4) is 0 Å². The maximum absolute atomic E-state index is 13.1. The number of furan rings is 1. The highest BCUT2D eigenvalue weighted by molar-refractivity contribution is 6.08. The highest BCUT2D eigenvalue weighted by Crippen LogP contribution is 2.35. The molecule has 1 unspecified atom stereocenters. The second-order valence-electron chi connectivity index (χ2n) is 7.79. The van der Waals surface area contributed by atoms with Gasteiger partial charge in [-0.1, -0.05) is 6.07 Å². The number of imide groups is 1. The summed E-state index contributed by atoms with van der Waals surface area (Å²) in [5.41, 5.74) is 1.22. The maximum atomic E-state index is 13.1. The number of aliphatic imine (C=N–C) groups is 1. The summed E-state index contributed by atoms with van der Waals surface area (Å²) in [5.74, 6) is 0.00933. The Morgan fingerprint density at radius 3 is 2.75 bits per heavy atom. The van der Waals surface area contributed by atoms with Gasteiger partial charge in [0, 0.05) is 30.8 Å². The molecule has 3 aromatic rings. The molecular weight excluding hydrogens is 412 g/mol. The van der Waals surface area contributed by atoms with Gasteiger partial charge in [-0.3, -0.25) is 19.9 Å². The molecule has 0 saturated carbocycles. The Labute approximate surface area is 183 Å². The Kier molecular flexibility index (Phi) is 4.47. The van der Waals surface area contributed by atoms with E-state index >= 15 is 0 Å². The Bertz CT molecular complexity index is 1310. The summed E-state index contributed by atoms with van der Waals surface area (Å²) in [6, 6.07) is 11.9. The van der Waals surface area contributed by atoms with Gasteiger partial charge in [0.15, 0.2) is 5.54 Å². The lowest BCUT2D eigenvalue weighted by Gasteiger charge is -2.29. The van der Waals surface area contributed by atoms with E-state index in [9.17, 15) is 14.4 Å². The number of hydrogen-bond acceptors (Lipinski definition) is 6. The normalized spacial score (nSPS) is 20.2. The molecule has 2 N–H and O–H groups in total. The second-order valence-corrected chi connectivity index (χ2v) is 7.79. The van der Waals surface area contributed by atoms with Gasteiger partial charge in [0.2, 0.25) is 0 Å². The fourth-order valence-electron chi connectivity index (χ4n) is 4.24. The number of hydrogen-bond donors (Lipinski definition) is 2. The van der Waals surface area contributed by atoms with Crippen molar-refractivity contribution in [2.45, 2.75) is 12.1 Å². The van der Waals surface area contributed by atoms with Crippen molar-refractivity contribution in [3.63, 3.8) is 0 Å². The van der Waals surface area contributed by atoms with E-state index in [2.05, 4.69) is 15.6 Å². The van der Waals surface area contributed by atoms with Crippen LogP contribution in [-0.4, -0.2) is 49.7 Å². The third kappa shape index (κ3) is 3.01. The minimum Gasteiger partial charge on any atom is -0.497 e. The average Bonchev–Trinajstić information content (AvgIpc) is 3.42. The van der Waals surface area contributed by atoms with Crippen molar-refractivity contribution in [1.29, 1.82) is 0 Å². The van der Waals surface area contributed by atoms with E-state index in [0.29, 0.717) is 23.4 Å². The minimum absolute atomic E-state index is 0.0799. The molecule has 32 heavy (non-hydrogen) atoms. The number of rotatable bonds is 5. The Morgan fingerprint density at radius 1 is 1.19 bits per heavy atom. The smallest absolute Gasteiger partial charge is 0.322 e. The molecule has 5 rings (SSSR count). The maximum Gasteiger partial charge on any atom is 0.322 e. The Hall–Kier alpha value is -4.14. The van der Waals surface area contributed by atoms with Crippen LogP contribution in [0.1, 0.15) is 27.2 Å². The molecule has 1 saturated heterocycles. The van der Waals surface area contributed by atoms with Gasteiger partial charge in [0.05, 0.1) is 13.7 Å². The highest BCUT2D eigenvalue weighted by atomic mass is 16.5. The summed E-state index contributed by atoms with van der Waals surface area (Å²) in [6.07, 6.45) is 1.71. The summed E-state index contributed by atoms with van der Waals surface area (Å²) in [5, 5.41) is 5.73. The van der Waals surface area contributed by atoms with Crippen molar-refractivity contribution in [2.75, 3.05) is 20.7 Å². The zero-order valence-electron chi connectivity index (χ0n) is 17.5. The fourth-order valence-corrected chi connectivity index (χ4v) is 4.24. The monoisotopic (exact) mass is 432 g/mol. The highest BCUT2D eigenvalue weighted by Gasteiger charge is 2.53. The van der Waals surface area contributed by atoms with E-state index in [1.807, 2.05) is 18.2 Å². The van der Waals surface area contributed by atoms with Crippen LogP contribution >= 0.6 is 0 Å². The molecular formula is C23H20N4O5. The summed E-state index contributed by atoms with van der Waals surface area (Å²) in [6.45, 7) is 0.226. The first-order chi connectivity index (χ1) is 15.4. The number of nitrogens with one attached hydrogen (secondary N) is 2. The Balaban J connectivity index is 1.54. The molecule has 0 radical (unpaired) electrons. The quantitative estimate of drug-likeness (QED) is 0.474. The van der Waals surface area contributed by atoms with Gasteiger partial charge in [-0.25, -0.2) is 4.79 Å². The third-order valence-corrected chi connectivity index (χ3v) is 5.80. The van der Waals surface area contributed by atoms with Crippen molar-refractivity contribution < 1.29 is 23.5 Å². The molecule has 1 atom stereocenters. The molecule has 162 valence electrons. The Morgan fingerprint density at radius 2 is 2.03 bits per heavy atom. The zero-order chi connectivity index (χ0) is 22.5. The van der Waals surface area contributed by atoms with E-state index in [1.54, 1.807) is 37.5 Å². The van der Waals surface area contributed by atoms with Crippen LogP contribution in [-0.2, 0) is 16.9 Å². The molecule has 2 aromatic carbocycles. The molecule has 4 amide bonds. The van der Waals surface area contributed by atoms with Crippen LogP contribution < -0.4 is 15.4 Å². The first-order valence-corrected chi connectivity index (χ1v) is 9.99. The molecule has 1 fully saturated rings. The first kappa shape index (κ1) is 19.8. The summed E-state index contributed by atoms with van der Waals surface area (Å²) in [7, 11) is 3.21. The summed E-state index contributed by atoms with van der Waals surface area (Å²) < 4.78 is 11.2. The molecule has 1 aromatic heterocycles. The number of carbonyl (C=O) groups excluding carboxylic acids is 3. The van der Waals surface area contributed by atoms with Crippen LogP contribution in [0.25, 0.3) is 11.0 Å². The van der Waals surface area contributed by atoms with E-state index in [4.69, 9.17) is 9.15 Å². The largest absolute Gasteiger partial charge is 0.497 e. The van der Waals surface area contributed by atoms with E-state index < -0.39 is 17.5 Å². The van der Waals surface area contributed by atoms with Gasteiger partial charge in [-0.15, -0.1) is 0 Å². The van der Waals surface area contributed by atoms with Crippen molar-refractivity contribution in [3.8, 4) is 5.75 Å². The van der Waals surface area contributed by atoms with E-state index in [1.165, 1.54) is 12.0 Å². The van der Waals surface area contributed by atoms with E-state index in [0.717, 1.165) is 16.5 Å². The van der Waals surface area contributed by atoms with Gasteiger partial charge < -0.3 is 19.4 Å². The lowest BCUT2D eigenvalue weighted by molar-refractivity contribution is -0.125. The SMILES string of the molecule is CN=Cc1ccc2oc(C3(CN4Cc5ccc(OC)cc5C4=O)NC(=O)NC3=O)cc2c1. The number of urea groups is 1. The number of carbonyl (C=O) groups is 3. The standard InChI is InChI=1S/C23H20N4O5/c1-24-10-13-3-6-18-15(7-13)8-19(32-18)23(21(29)25-22(30)26-23)12-27-11-14-4-5-16(31-2)9-17(14)20(27)28/h3-10H,11-12H2,1-2H3,(H2,25,26,29,30). The zero-order valence-corrected chi connectivity index (χ0v) is 17.5. The summed E-state index contributed by atoms with van der Waals surface area (Å²) >= 11 is 0.